The molecule has 0 aliphatic carbocycles. The third kappa shape index (κ3) is 3.16. The molecule has 7 heteroatoms. The molecule has 0 spiro atoms. The zero-order chi connectivity index (χ0) is 14.9. The maximum Gasteiger partial charge on any atom is 0.261 e. The van der Waals surface area contributed by atoms with E-state index in [1.54, 1.807) is 18.2 Å². The van der Waals surface area contributed by atoms with Crippen LogP contribution >= 0.6 is 12.4 Å². The van der Waals surface area contributed by atoms with Crippen LogP contribution in [0.25, 0.3) is 0 Å². The number of nitrogens with one attached hydrogen (secondary N) is 2. The molecule has 2 aromatic carbocycles. The van der Waals surface area contributed by atoms with Crippen LogP contribution in [-0.2, 0) is 16.4 Å². The molecule has 1 heterocycles. The fraction of sp³-hybridized carbons (Fsp3) is 0.133. The van der Waals surface area contributed by atoms with E-state index < -0.39 is 10.0 Å². The van der Waals surface area contributed by atoms with Gasteiger partial charge in [0.1, 0.15) is 0 Å². The van der Waals surface area contributed by atoms with Gasteiger partial charge in [0.15, 0.2) is 0 Å². The minimum absolute atomic E-state index is 0. The molecule has 5 nitrogen and oxygen atoms in total. The zero-order valence-electron chi connectivity index (χ0n) is 11.5. The van der Waals surface area contributed by atoms with E-state index >= 15 is 0 Å². The number of nitrogens with zero attached hydrogens (tertiary/aromatic N) is 1. The minimum Gasteiger partial charge on any atom is -0.384 e. The van der Waals surface area contributed by atoms with Crippen LogP contribution in [0.15, 0.2) is 47.4 Å². The van der Waals surface area contributed by atoms with Crippen molar-refractivity contribution in [1.82, 2.24) is 0 Å². The van der Waals surface area contributed by atoms with Crippen LogP contribution < -0.4 is 10.0 Å². The van der Waals surface area contributed by atoms with Gasteiger partial charge in [-0.2, -0.15) is 5.26 Å². The van der Waals surface area contributed by atoms with E-state index in [4.69, 9.17) is 5.26 Å². The number of hydrogen-bond acceptors (Lipinski definition) is 4. The second kappa shape index (κ2) is 6.26. The summed E-state index contributed by atoms with van der Waals surface area (Å²) in [5.41, 5.74) is 2.99. The molecule has 2 N–H and O–H groups in total. The van der Waals surface area contributed by atoms with Gasteiger partial charge < -0.3 is 5.32 Å². The van der Waals surface area contributed by atoms with E-state index in [1.165, 1.54) is 12.1 Å². The van der Waals surface area contributed by atoms with Gasteiger partial charge in [-0.15, -0.1) is 12.4 Å². The van der Waals surface area contributed by atoms with Crippen molar-refractivity contribution in [2.45, 2.75) is 11.3 Å². The summed E-state index contributed by atoms with van der Waals surface area (Å²) in [5, 5.41) is 12.1. The molecule has 0 atom stereocenters. The first-order chi connectivity index (χ1) is 10.1. The first-order valence-corrected chi connectivity index (χ1v) is 7.96. The zero-order valence-corrected chi connectivity index (χ0v) is 13.2. The van der Waals surface area contributed by atoms with Gasteiger partial charge in [-0.3, -0.25) is 4.72 Å². The molecule has 114 valence electrons. The maximum absolute atomic E-state index is 12.3. The van der Waals surface area contributed by atoms with Gasteiger partial charge in [0.05, 0.1) is 16.5 Å². The number of benzene rings is 2. The lowest BCUT2D eigenvalue weighted by molar-refractivity contribution is 0.601. The lowest BCUT2D eigenvalue weighted by Gasteiger charge is -2.09. The van der Waals surface area contributed by atoms with Gasteiger partial charge >= 0.3 is 0 Å². The second-order valence-corrected chi connectivity index (χ2v) is 6.48. The molecule has 0 radical (unpaired) electrons. The lowest BCUT2D eigenvalue weighted by atomic mass is 10.1. The average molecular weight is 336 g/mol. The molecule has 0 bridgehead atoms. The van der Waals surface area contributed by atoms with Crippen molar-refractivity contribution in [2.24, 2.45) is 0 Å². The van der Waals surface area contributed by atoms with Crippen molar-refractivity contribution in [3.8, 4) is 6.07 Å². The smallest absolute Gasteiger partial charge is 0.261 e. The molecular formula is C15H14ClN3O2S. The summed E-state index contributed by atoms with van der Waals surface area (Å²) >= 11 is 0. The van der Waals surface area contributed by atoms with Crippen LogP contribution in [-0.4, -0.2) is 15.0 Å². The highest BCUT2D eigenvalue weighted by atomic mass is 35.5. The topological polar surface area (TPSA) is 82.0 Å². The van der Waals surface area contributed by atoms with Crippen molar-refractivity contribution < 1.29 is 8.42 Å². The Labute approximate surface area is 135 Å². The molecule has 0 saturated carbocycles. The van der Waals surface area contributed by atoms with Crippen LogP contribution in [0, 0.1) is 11.3 Å². The van der Waals surface area contributed by atoms with Gasteiger partial charge in [0, 0.05) is 17.9 Å². The Bertz CT molecular complexity index is 844. The summed E-state index contributed by atoms with van der Waals surface area (Å²) in [6.45, 7) is 0.871. The van der Waals surface area contributed by atoms with Gasteiger partial charge in [-0.1, -0.05) is 6.07 Å². The van der Waals surface area contributed by atoms with Crippen molar-refractivity contribution in [3.63, 3.8) is 0 Å². The third-order valence-electron chi connectivity index (χ3n) is 3.34. The molecule has 0 amide bonds. The van der Waals surface area contributed by atoms with Crippen LogP contribution in [0.1, 0.15) is 11.1 Å². The van der Waals surface area contributed by atoms with E-state index in [0.29, 0.717) is 11.3 Å². The molecule has 1 aliphatic heterocycles. The van der Waals surface area contributed by atoms with Crippen molar-refractivity contribution in [2.75, 3.05) is 16.6 Å². The van der Waals surface area contributed by atoms with Crippen molar-refractivity contribution >= 4 is 33.8 Å². The van der Waals surface area contributed by atoms with E-state index in [-0.39, 0.29) is 17.3 Å². The second-order valence-electron chi connectivity index (χ2n) is 4.79. The molecule has 2 aromatic rings. The van der Waals surface area contributed by atoms with Gasteiger partial charge in [0.25, 0.3) is 10.0 Å². The summed E-state index contributed by atoms with van der Waals surface area (Å²) in [4.78, 5) is 0.0835. The summed E-state index contributed by atoms with van der Waals surface area (Å²) in [6.07, 6.45) is 0.884. The predicted octanol–water partition coefficient (Wildman–Crippen LogP) is 2.75. The van der Waals surface area contributed by atoms with E-state index in [1.807, 2.05) is 18.2 Å². The Morgan fingerprint density at radius 2 is 2.00 bits per heavy atom. The number of fused-ring (bicyclic) bond motifs is 1. The Morgan fingerprint density at radius 1 is 1.18 bits per heavy atom. The summed E-state index contributed by atoms with van der Waals surface area (Å²) in [5.74, 6) is 0. The molecule has 3 rings (SSSR count). The molecule has 0 saturated heterocycles. The maximum atomic E-state index is 12.3. The highest BCUT2D eigenvalue weighted by Crippen LogP contribution is 2.26. The normalized spacial score (nSPS) is 12.5. The predicted molar refractivity (Wildman–Crippen MR) is 87.8 cm³/mol. The Balaban J connectivity index is 0.00000176. The highest BCUT2D eigenvalue weighted by molar-refractivity contribution is 7.92. The summed E-state index contributed by atoms with van der Waals surface area (Å²) in [6, 6.07) is 13.3. The van der Waals surface area contributed by atoms with E-state index in [0.717, 1.165) is 24.2 Å². The number of rotatable bonds is 3. The molecule has 0 fully saturated rings. The quantitative estimate of drug-likeness (QED) is 0.903. The van der Waals surface area contributed by atoms with Crippen molar-refractivity contribution in [1.29, 1.82) is 5.26 Å². The Morgan fingerprint density at radius 3 is 2.77 bits per heavy atom. The number of sulfonamides is 1. The fourth-order valence-corrected chi connectivity index (χ4v) is 3.41. The van der Waals surface area contributed by atoms with Gasteiger partial charge in [-0.25, -0.2) is 8.42 Å². The SMILES string of the molecule is Cl.N#Cc1cccc(S(=O)(=O)Nc2ccc3c(c2)CCN3)c1. The molecule has 0 aromatic heterocycles. The summed E-state index contributed by atoms with van der Waals surface area (Å²) in [7, 11) is -3.68. The summed E-state index contributed by atoms with van der Waals surface area (Å²) < 4.78 is 27.2. The molecule has 0 unspecified atom stereocenters. The van der Waals surface area contributed by atoms with Crippen LogP contribution in [0.3, 0.4) is 0 Å². The van der Waals surface area contributed by atoms with Crippen molar-refractivity contribution in [3.05, 3.63) is 53.6 Å². The first kappa shape index (κ1) is 16.1. The van der Waals surface area contributed by atoms with E-state index in [2.05, 4.69) is 10.0 Å². The fourth-order valence-electron chi connectivity index (χ4n) is 2.32. The number of anilines is 2. The lowest BCUT2D eigenvalue weighted by Crippen LogP contribution is -2.13. The molecular weight excluding hydrogens is 322 g/mol. The van der Waals surface area contributed by atoms with Crippen LogP contribution in [0.4, 0.5) is 11.4 Å². The van der Waals surface area contributed by atoms with Crippen LogP contribution in [0.5, 0.6) is 0 Å². The number of hydrogen-bond donors (Lipinski definition) is 2. The first-order valence-electron chi connectivity index (χ1n) is 6.48. The Hall–Kier alpha value is -2.23. The standard InChI is InChI=1S/C15H13N3O2S.ClH/c16-10-11-2-1-3-14(8-11)21(19,20)18-13-4-5-15-12(9-13)6-7-17-15;/h1-5,8-9,17-18H,6-7H2;1H. The Kier molecular flexibility index (Phi) is 4.59. The molecule has 22 heavy (non-hydrogen) atoms. The van der Waals surface area contributed by atoms with Gasteiger partial charge in [-0.05, 0) is 48.4 Å². The third-order valence-corrected chi connectivity index (χ3v) is 4.72. The highest BCUT2D eigenvalue weighted by Gasteiger charge is 2.16. The monoisotopic (exact) mass is 335 g/mol. The molecule has 1 aliphatic rings. The number of halogens is 1. The van der Waals surface area contributed by atoms with Crippen LogP contribution in [0.2, 0.25) is 0 Å². The van der Waals surface area contributed by atoms with Gasteiger partial charge in [0.2, 0.25) is 0 Å². The average Bonchev–Trinajstić information content (AvgIpc) is 2.94. The minimum atomic E-state index is -3.68. The number of nitriles is 1. The van der Waals surface area contributed by atoms with E-state index in [9.17, 15) is 8.42 Å². The largest absolute Gasteiger partial charge is 0.384 e.